The Labute approximate surface area is 278 Å². The fraction of sp³-hybridized carbons (Fsp3) is 0.342. The maximum absolute atomic E-state index is 13.5. The van der Waals surface area contributed by atoms with Crippen molar-refractivity contribution in [1.82, 2.24) is 0 Å². The topological polar surface area (TPSA) is 151 Å². The lowest BCUT2D eigenvalue weighted by molar-refractivity contribution is -0.231. The number of nitrogens with zero attached hydrogens (tertiary/aromatic N) is 1. The summed E-state index contributed by atoms with van der Waals surface area (Å²) < 4.78 is 19.0. The smallest absolute Gasteiger partial charge is 0.227 e. The highest BCUT2D eigenvalue weighted by Gasteiger charge is 2.44. The first kappa shape index (κ1) is 33.7. The van der Waals surface area contributed by atoms with Gasteiger partial charge in [-0.2, -0.15) is 0 Å². The lowest BCUT2D eigenvalue weighted by Gasteiger charge is -2.40. The summed E-state index contributed by atoms with van der Waals surface area (Å²) in [6.07, 6.45) is -5.07. The molecule has 2 aliphatic heterocycles. The highest BCUT2D eigenvalue weighted by Crippen LogP contribution is 2.47. The van der Waals surface area contributed by atoms with Crippen LogP contribution in [0.5, 0.6) is 5.75 Å². The molecule has 9 nitrogen and oxygen atoms in total. The van der Waals surface area contributed by atoms with Gasteiger partial charge < -0.3 is 40.3 Å². The van der Waals surface area contributed by atoms with Crippen LogP contribution in [-0.2, 0) is 9.53 Å². The molecule has 2 saturated heterocycles. The van der Waals surface area contributed by atoms with Crippen molar-refractivity contribution >= 4 is 11.6 Å². The van der Waals surface area contributed by atoms with Gasteiger partial charge in [0.2, 0.25) is 5.91 Å². The standard InChI is InChI=1S/C38H40FNO8/c39-27-16-13-23(14-17-27)30(42)8-4-5-26-20-33(44)40(28-6-2-1-3-7-28)34(26)29-18-15-25(19-31(29)43)22-9-11-24(12-10-22)38-37(47)36(46)35(45)32(21-41)48-38/h1-3,6-7,9-19,26,30,32,34-38,41-43,45-47H,4-5,8,20-21H2/t26-,30?,32+,34-,35+,36-,37+,38-/m0/s1. The number of amides is 1. The minimum atomic E-state index is -1.48. The minimum absolute atomic E-state index is 0.0301. The Balaban J connectivity index is 1.22. The molecule has 10 heteroatoms. The third-order valence-corrected chi connectivity index (χ3v) is 9.59. The Hall–Kier alpha value is -4.16. The molecule has 2 fully saturated rings. The van der Waals surface area contributed by atoms with Crippen molar-refractivity contribution in [3.63, 3.8) is 0 Å². The molecule has 1 amide bonds. The number of phenolic OH excluding ortho intramolecular Hbond substituents is 1. The minimum Gasteiger partial charge on any atom is -0.508 e. The average molecular weight is 658 g/mol. The number of halogens is 1. The Kier molecular flexibility index (Phi) is 10.2. The number of hydrogen-bond donors (Lipinski definition) is 6. The van der Waals surface area contributed by atoms with Gasteiger partial charge in [-0.15, -0.1) is 0 Å². The number of rotatable bonds is 10. The maximum Gasteiger partial charge on any atom is 0.227 e. The predicted octanol–water partition coefficient (Wildman–Crippen LogP) is 4.71. The predicted molar refractivity (Wildman–Crippen MR) is 176 cm³/mol. The summed E-state index contributed by atoms with van der Waals surface area (Å²) in [5.74, 6) is -0.520. The molecule has 0 saturated carbocycles. The number of benzene rings is 4. The number of aliphatic hydroxyl groups excluding tert-OH is 5. The zero-order valence-corrected chi connectivity index (χ0v) is 26.2. The first-order valence-corrected chi connectivity index (χ1v) is 16.2. The van der Waals surface area contributed by atoms with Crippen LogP contribution >= 0.6 is 0 Å². The number of carbonyl (C=O) groups is 1. The Bertz CT molecular complexity index is 1680. The second kappa shape index (κ2) is 14.5. The molecule has 0 spiro atoms. The van der Waals surface area contributed by atoms with Gasteiger partial charge in [-0.3, -0.25) is 4.79 Å². The van der Waals surface area contributed by atoms with E-state index in [0.717, 1.165) is 11.3 Å². The van der Waals surface area contributed by atoms with Crippen LogP contribution in [0.15, 0.2) is 97.1 Å². The van der Waals surface area contributed by atoms with Crippen LogP contribution in [0.2, 0.25) is 0 Å². The first-order valence-electron chi connectivity index (χ1n) is 16.2. The summed E-state index contributed by atoms with van der Waals surface area (Å²) in [5, 5.41) is 62.5. The summed E-state index contributed by atoms with van der Waals surface area (Å²) in [6.45, 7) is -0.516. The molecule has 252 valence electrons. The Morgan fingerprint density at radius 2 is 1.54 bits per heavy atom. The van der Waals surface area contributed by atoms with E-state index in [2.05, 4.69) is 0 Å². The van der Waals surface area contributed by atoms with Gasteiger partial charge in [0.15, 0.2) is 0 Å². The molecule has 6 N–H and O–H groups in total. The van der Waals surface area contributed by atoms with E-state index in [1.165, 1.54) is 12.1 Å². The van der Waals surface area contributed by atoms with E-state index < -0.39 is 49.3 Å². The van der Waals surface area contributed by atoms with Crippen molar-refractivity contribution < 1.29 is 44.6 Å². The summed E-state index contributed by atoms with van der Waals surface area (Å²) in [7, 11) is 0. The third kappa shape index (κ3) is 6.86. The molecule has 8 atom stereocenters. The Morgan fingerprint density at radius 3 is 2.21 bits per heavy atom. The molecular weight excluding hydrogens is 617 g/mol. The van der Waals surface area contributed by atoms with Gasteiger partial charge in [-0.25, -0.2) is 4.39 Å². The van der Waals surface area contributed by atoms with E-state index in [4.69, 9.17) is 4.74 Å². The lowest BCUT2D eigenvalue weighted by Crippen LogP contribution is -2.55. The van der Waals surface area contributed by atoms with Crippen LogP contribution in [0, 0.1) is 11.7 Å². The van der Waals surface area contributed by atoms with Crippen molar-refractivity contribution in [2.75, 3.05) is 11.5 Å². The second-order valence-electron chi connectivity index (χ2n) is 12.7. The zero-order chi connectivity index (χ0) is 33.9. The van der Waals surface area contributed by atoms with Crippen molar-refractivity contribution in [2.24, 2.45) is 5.92 Å². The fourth-order valence-corrected chi connectivity index (χ4v) is 6.99. The zero-order valence-electron chi connectivity index (χ0n) is 26.2. The maximum atomic E-state index is 13.5. The summed E-state index contributed by atoms with van der Waals surface area (Å²) >= 11 is 0. The van der Waals surface area contributed by atoms with Crippen LogP contribution in [0.4, 0.5) is 10.1 Å². The first-order chi connectivity index (χ1) is 23.2. The lowest BCUT2D eigenvalue weighted by atomic mass is 9.87. The molecule has 6 rings (SSSR count). The van der Waals surface area contributed by atoms with E-state index in [1.54, 1.807) is 47.4 Å². The molecule has 2 aliphatic rings. The van der Waals surface area contributed by atoms with Gasteiger partial charge in [0, 0.05) is 17.7 Å². The van der Waals surface area contributed by atoms with Gasteiger partial charge in [0.25, 0.3) is 0 Å². The van der Waals surface area contributed by atoms with E-state index in [1.807, 2.05) is 42.5 Å². The number of para-hydroxylation sites is 1. The molecule has 1 unspecified atom stereocenters. The SMILES string of the molecule is O=C1C[C@H](CCCC(O)c2ccc(F)cc2)[C@@H](c2ccc(-c3ccc([C@@H]4O[C@H](CO)[C@@H](O)[C@H](O)[C@H]4O)cc3)cc2O)N1c1ccccc1. The summed E-state index contributed by atoms with van der Waals surface area (Å²) in [6, 6.07) is 27.1. The molecule has 2 heterocycles. The molecule has 0 aromatic heterocycles. The summed E-state index contributed by atoms with van der Waals surface area (Å²) in [5.41, 5.74) is 4.00. The third-order valence-electron chi connectivity index (χ3n) is 9.59. The Morgan fingerprint density at radius 1 is 0.854 bits per heavy atom. The van der Waals surface area contributed by atoms with Gasteiger partial charge in [0.05, 0.1) is 18.8 Å². The monoisotopic (exact) mass is 657 g/mol. The molecule has 48 heavy (non-hydrogen) atoms. The van der Waals surface area contributed by atoms with Crippen LogP contribution < -0.4 is 4.90 Å². The van der Waals surface area contributed by atoms with Crippen LogP contribution in [0.3, 0.4) is 0 Å². The van der Waals surface area contributed by atoms with Crippen LogP contribution in [-0.4, -0.2) is 67.6 Å². The number of anilines is 1. The molecule has 4 aromatic rings. The van der Waals surface area contributed by atoms with Crippen molar-refractivity contribution in [1.29, 1.82) is 0 Å². The molecule has 0 radical (unpaired) electrons. The van der Waals surface area contributed by atoms with Crippen molar-refractivity contribution in [2.45, 2.75) is 68.3 Å². The number of carbonyl (C=O) groups excluding carboxylic acids is 1. The molecular formula is C38H40FNO8. The van der Waals surface area contributed by atoms with E-state index in [-0.39, 0.29) is 29.8 Å². The molecule has 0 bridgehead atoms. The van der Waals surface area contributed by atoms with Gasteiger partial charge >= 0.3 is 0 Å². The number of aromatic hydroxyl groups is 1. The van der Waals surface area contributed by atoms with Crippen molar-refractivity contribution in [3.8, 4) is 16.9 Å². The fourth-order valence-electron chi connectivity index (χ4n) is 6.99. The average Bonchev–Trinajstić information content (AvgIpc) is 3.43. The number of phenols is 1. The quantitative estimate of drug-likeness (QED) is 0.144. The van der Waals surface area contributed by atoms with E-state index >= 15 is 0 Å². The highest BCUT2D eigenvalue weighted by molar-refractivity contribution is 5.97. The van der Waals surface area contributed by atoms with E-state index in [0.29, 0.717) is 41.5 Å². The van der Waals surface area contributed by atoms with Gasteiger partial charge in [-0.05, 0) is 71.3 Å². The van der Waals surface area contributed by atoms with Gasteiger partial charge in [-0.1, -0.05) is 73.2 Å². The second-order valence-corrected chi connectivity index (χ2v) is 12.7. The highest BCUT2D eigenvalue weighted by atomic mass is 19.1. The normalized spacial score (nSPS) is 26.5. The number of aliphatic hydroxyl groups is 5. The van der Waals surface area contributed by atoms with E-state index in [9.17, 15) is 39.8 Å². The van der Waals surface area contributed by atoms with Gasteiger partial charge in [0.1, 0.15) is 42.1 Å². The number of ether oxygens (including phenoxy) is 1. The number of hydrogen-bond acceptors (Lipinski definition) is 8. The van der Waals surface area contributed by atoms with Crippen molar-refractivity contribution in [3.05, 3.63) is 120 Å². The van der Waals surface area contributed by atoms with Crippen LogP contribution in [0.1, 0.15) is 60.6 Å². The largest absolute Gasteiger partial charge is 0.508 e. The summed E-state index contributed by atoms with van der Waals surface area (Å²) in [4.78, 5) is 15.2. The molecule has 4 aromatic carbocycles. The van der Waals surface area contributed by atoms with Crippen LogP contribution in [0.25, 0.3) is 11.1 Å². The molecule has 0 aliphatic carbocycles.